The quantitative estimate of drug-likeness (QED) is 0.00954. The third-order valence-corrected chi connectivity index (χ3v) is 31.9. The highest BCUT2D eigenvalue weighted by atomic mass is 32.2. The summed E-state index contributed by atoms with van der Waals surface area (Å²) >= 11 is 0. The van der Waals surface area contributed by atoms with Crippen molar-refractivity contribution >= 4 is 57.4 Å². The molecule has 11 aromatic carbocycles. The average Bonchev–Trinajstić information content (AvgIpc) is 0.719. The van der Waals surface area contributed by atoms with Gasteiger partial charge in [0.2, 0.25) is 12.6 Å². The molecular weight excluding hydrogens is 1940 g/mol. The van der Waals surface area contributed by atoms with Crippen molar-refractivity contribution in [1.82, 2.24) is 0 Å². The molecule has 30 heteroatoms. The van der Waals surface area contributed by atoms with E-state index in [0.29, 0.717) is 60.0 Å². The Balaban J connectivity index is 0.000000229. The van der Waals surface area contributed by atoms with Crippen LogP contribution >= 0.6 is 0 Å². The second kappa shape index (κ2) is 58.0. The van der Waals surface area contributed by atoms with Gasteiger partial charge in [-0.05, 0) is 256 Å². The van der Waals surface area contributed by atoms with E-state index in [2.05, 4.69) is 254 Å². The summed E-state index contributed by atoms with van der Waals surface area (Å²) < 4.78 is 213. The fourth-order valence-corrected chi connectivity index (χ4v) is 20.9. The summed E-state index contributed by atoms with van der Waals surface area (Å²) in [6, 6.07) is 91.8. The van der Waals surface area contributed by atoms with Gasteiger partial charge in [-0.3, -0.25) is 0 Å². The molecule has 0 radical (unpaired) electrons. The van der Waals surface area contributed by atoms with E-state index < -0.39 is 57.8 Å². The van der Waals surface area contributed by atoms with E-state index in [0.717, 1.165) is 59.3 Å². The third-order valence-electron chi connectivity index (χ3n) is 24.9. The number of methoxy groups -OCH3 is 3. The smallest absolute Gasteiger partial charge is 0.450 e. The molecule has 2 fully saturated rings. The Morgan fingerprint density at radius 3 is 1.03 bits per heavy atom. The van der Waals surface area contributed by atoms with Crippen LogP contribution in [0.1, 0.15) is 251 Å². The molecule has 7 unspecified atom stereocenters. The molecule has 13 rings (SSSR count). The number of ether oxygens (including phenoxy) is 8. The second-order valence-electron chi connectivity index (χ2n) is 35.7. The molecule has 19 nitrogen and oxygen atoms in total. The summed E-state index contributed by atoms with van der Waals surface area (Å²) in [4.78, 5) is 18.4. The van der Waals surface area contributed by atoms with Crippen molar-refractivity contribution in [2.45, 2.75) is 287 Å². The van der Waals surface area contributed by atoms with Crippen LogP contribution in [0, 0.1) is 11.3 Å². The fourth-order valence-electron chi connectivity index (χ4n) is 15.0. The molecule has 0 aromatic heterocycles. The highest BCUT2D eigenvalue weighted by Crippen LogP contribution is 2.52. The van der Waals surface area contributed by atoms with Gasteiger partial charge in [0, 0.05) is 36.1 Å². The lowest BCUT2D eigenvalue weighted by atomic mass is 9.75. The van der Waals surface area contributed by atoms with Crippen LogP contribution in [0.25, 0.3) is 0 Å². The predicted octanol–water partition coefficient (Wildman–Crippen LogP) is 29.8. The van der Waals surface area contributed by atoms with E-state index in [-0.39, 0.29) is 51.5 Å². The minimum absolute atomic E-state index is 0.0146. The van der Waals surface area contributed by atoms with E-state index in [1.807, 2.05) is 69.3 Å². The van der Waals surface area contributed by atoms with Crippen LogP contribution in [-0.2, 0) is 61.6 Å². The van der Waals surface area contributed by atoms with E-state index in [9.17, 15) is 65.5 Å². The molecule has 11 aromatic rings. The summed E-state index contributed by atoms with van der Waals surface area (Å²) in [5.74, 6) is -0.737. The first-order chi connectivity index (χ1) is 67.9. The Kier molecular flexibility index (Phi) is 48.4. The van der Waals surface area contributed by atoms with Crippen LogP contribution in [0.4, 0.5) is 31.1 Å². The number of aromatic hydroxyl groups is 1. The Labute approximate surface area is 849 Å². The zero-order chi connectivity index (χ0) is 105. The van der Waals surface area contributed by atoms with Crippen molar-refractivity contribution in [1.29, 1.82) is 0 Å². The number of hydrogen-bond acceptors (Lipinski definition) is 19. The number of hydrogen-bond donors (Lipinski definition) is 1. The molecule has 778 valence electrons. The van der Waals surface area contributed by atoms with Crippen LogP contribution < -0.4 is 32.6 Å². The molecule has 0 aliphatic heterocycles. The predicted molar refractivity (Wildman–Crippen MR) is 554 cm³/mol. The Hall–Kier alpha value is -10.5. The number of benzene rings is 11. The fraction of sp³-hybridized carbons (Fsp3) is 0.407. The second-order valence-corrected chi connectivity index (χ2v) is 44.0. The van der Waals surface area contributed by atoms with Crippen molar-refractivity contribution in [3.63, 3.8) is 0 Å². The third kappa shape index (κ3) is 36.0. The molecule has 0 spiro atoms. The lowest BCUT2D eigenvalue weighted by Crippen LogP contribution is -2.61. The average molecular weight is 2080 g/mol. The molecule has 0 bridgehead atoms. The topological polar surface area (TPSA) is 269 Å². The van der Waals surface area contributed by atoms with Crippen LogP contribution in [0.15, 0.2) is 314 Å². The van der Waals surface area contributed by atoms with Gasteiger partial charge in [0.1, 0.15) is 46.0 Å². The molecule has 143 heavy (non-hydrogen) atoms. The molecule has 0 amide bonds. The lowest BCUT2D eigenvalue weighted by Gasteiger charge is -2.39. The molecule has 2 aliphatic carbocycles. The first kappa shape index (κ1) is 119. The number of carbonyl (C=O) groups excluding carboxylic acids is 1. The molecule has 1 N–H and O–H groups in total. The standard InChI is InChI=1S/C21H21O3S.2C20H32O2.C18H15S.C13H14F6O6S2.C11H14O5S.C10H14O/c1-22-16-7-4-10-19(13-16)25(20-11-5-8-17(14-20)23-2)21-12-6-9-18(15-21)24-3;1-5-16(4)17-11-13-19(14-12-17)22-20(15(2)3)21-18-9-7-6-8-10-18;1-5-16(3)17-10-12-18(13-11-17)22-19(21-6-2)20(4)14-8-7-9-15-20;1-4-10-16(11-5-1)19(17-12-6-2-7-13-17)18-14-8-3-9-15-18;1-3-8(2)9-4-6-10(7-5-9)25-27(23,24)13(18,19)11(14,15)12(16,17)26(20,21)22;1-3-8(2)9-4-6-10(7-5-9)16-11(12)17(13,14)15;1-3-8(2)9-4-6-10(11)7-5-9/h4-15H,1-3H3;11-16,18,20H,5-10H2,1-4H3;10-13,16,19H,5-9,14-15H2,1-4H3;1-15H;4-8H,3H2,1-2H3,(H,20,21,22);4-8H,3H2,1-2H3,(H,13,14,15);4-8,11H,3H2,1-2H3/q+1;;;+1;;;/p-2. The Morgan fingerprint density at radius 2 is 0.713 bits per heavy atom. The van der Waals surface area contributed by atoms with Gasteiger partial charge in [-0.15, -0.1) is 0 Å². The maximum absolute atomic E-state index is 13.6. The number of carbonyl (C=O) groups is 1. The monoisotopic (exact) mass is 2070 g/mol. The van der Waals surface area contributed by atoms with E-state index in [1.165, 1.54) is 147 Å². The molecule has 2 saturated carbocycles. The molecular formula is C113H140F6O19S5. The molecule has 0 heterocycles. The van der Waals surface area contributed by atoms with Crippen LogP contribution in [-0.4, -0.2) is 108 Å². The van der Waals surface area contributed by atoms with Crippen LogP contribution in [0.5, 0.6) is 46.0 Å². The lowest BCUT2D eigenvalue weighted by molar-refractivity contribution is -0.247. The highest BCUT2D eigenvalue weighted by molar-refractivity contribution is 8.00. The van der Waals surface area contributed by atoms with E-state index in [4.69, 9.17) is 38.3 Å². The van der Waals surface area contributed by atoms with Gasteiger partial charge in [0.25, 0.3) is 0 Å². The number of phenolic OH excluding ortho intramolecular Hbond substituents is 1. The van der Waals surface area contributed by atoms with E-state index in [1.54, 1.807) is 52.5 Å². The van der Waals surface area contributed by atoms with Crippen LogP contribution in [0.2, 0.25) is 0 Å². The highest BCUT2D eigenvalue weighted by Gasteiger charge is 2.81. The Morgan fingerprint density at radius 1 is 0.399 bits per heavy atom. The normalized spacial score (nSPS) is 14.8. The van der Waals surface area contributed by atoms with Crippen molar-refractivity contribution in [3.05, 3.63) is 313 Å². The van der Waals surface area contributed by atoms with Gasteiger partial charge >= 0.3 is 31.9 Å². The minimum atomic E-state index is -7.33. The maximum Gasteiger partial charge on any atom is 0.450 e. The number of alkyl halides is 6. The van der Waals surface area contributed by atoms with Gasteiger partial charge in [-0.1, -0.05) is 262 Å². The van der Waals surface area contributed by atoms with Crippen molar-refractivity contribution < 1.29 is 113 Å². The van der Waals surface area contributed by atoms with Gasteiger partial charge in [-0.25, -0.2) is 21.6 Å². The summed E-state index contributed by atoms with van der Waals surface area (Å²) in [5.41, 5.74) is 5.87. The van der Waals surface area contributed by atoms with Gasteiger partial charge < -0.3 is 56.3 Å². The maximum atomic E-state index is 13.6. The molecule has 7 atom stereocenters. The Bertz CT molecular complexity index is 5710. The van der Waals surface area contributed by atoms with Crippen molar-refractivity contribution in [2.75, 3.05) is 27.9 Å². The zero-order valence-electron chi connectivity index (χ0n) is 84.8. The first-order valence-electron chi connectivity index (χ1n) is 48.4. The molecule has 0 saturated heterocycles. The van der Waals surface area contributed by atoms with E-state index >= 15 is 0 Å². The van der Waals surface area contributed by atoms with Crippen molar-refractivity contribution in [3.8, 4) is 46.0 Å². The number of halogens is 6. The first-order valence-corrected chi connectivity index (χ1v) is 55.1. The van der Waals surface area contributed by atoms with Gasteiger partial charge in [-0.2, -0.15) is 34.8 Å². The SMILES string of the molecule is CCC(C)c1ccc(O)cc1.CCC(C)c1ccc(OC(=O)S(=O)(=O)[O-])cc1.CCC(C)c1ccc(OC(OC2CCCCC2)C(C)C)cc1.CCC(C)c1ccc(OS(=O)(=O)C(F)(F)C(F)(F)C(F)(F)S(=O)(=O)[O-])cc1.CCOC(Oc1ccc(C(C)CC)cc1)C1(C)CCCCC1.COc1cccc([S+](c2cccc(OC)c2)c2cccc(OC)c2)c1.c1ccc([S+](c2ccccc2)c2ccccc2)cc1. The van der Waals surface area contributed by atoms with Gasteiger partial charge in [0.05, 0.1) is 49.2 Å². The zero-order valence-corrected chi connectivity index (χ0v) is 88.8. The molecule has 2 aliphatic rings. The minimum Gasteiger partial charge on any atom is -0.743 e. The largest absolute Gasteiger partial charge is 0.743 e. The number of phenols is 1. The van der Waals surface area contributed by atoms with Crippen molar-refractivity contribution in [2.24, 2.45) is 11.3 Å². The number of rotatable bonds is 36. The summed E-state index contributed by atoms with van der Waals surface area (Å²) in [7, 11) is -14.4. The summed E-state index contributed by atoms with van der Waals surface area (Å²) in [6.45, 7) is 30.4. The summed E-state index contributed by atoms with van der Waals surface area (Å²) in [6.07, 6.45) is 17.8. The summed E-state index contributed by atoms with van der Waals surface area (Å²) in [5, 5.41) is -6.43. The van der Waals surface area contributed by atoms with Crippen LogP contribution in [0.3, 0.4) is 0 Å². The van der Waals surface area contributed by atoms with Gasteiger partial charge in [0.15, 0.2) is 49.6 Å².